The van der Waals surface area contributed by atoms with Crippen LogP contribution in [0, 0.1) is 46.3 Å². The summed E-state index contributed by atoms with van der Waals surface area (Å²) in [4.78, 5) is 331. The van der Waals surface area contributed by atoms with Gasteiger partial charge < -0.3 is 112 Å². The number of ketones is 7. The van der Waals surface area contributed by atoms with E-state index in [0.29, 0.717) is 75.5 Å². The van der Waals surface area contributed by atoms with Crippen LogP contribution in [0.4, 0.5) is 0 Å². The second-order valence-corrected chi connectivity index (χ2v) is 44.3. The molecule has 4 aliphatic heterocycles. The highest BCUT2D eigenvalue weighted by Gasteiger charge is 2.41. The average Bonchev–Trinajstić information content (AvgIpc) is 1.14. The van der Waals surface area contributed by atoms with E-state index >= 15 is 0 Å². The number of amides is 13. The third-order valence-electron chi connectivity index (χ3n) is 24.6. The van der Waals surface area contributed by atoms with Gasteiger partial charge in [-0.2, -0.15) is 0 Å². The van der Waals surface area contributed by atoms with Crippen molar-refractivity contribution >= 4 is 220 Å². The Balaban J connectivity index is 1.04. The van der Waals surface area contributed by atoms with Gasteiger partial charge in [0.15, 0.2) is 52.4 Å². The fourth-order valence-corrected chi connectivity index (χ4v) is 23.0. The first-order chi connectivity index (χ1) is 71.5. The van der Waals surface area contributed by atoms with Crippen LogP contribution in [-0.2, 0) is 128 Å². The number of rotatable bonds is 41. The van der Waals surface area contributed by atoms with Crippen molar-refractivity contribution in [2.75, 3.05) is 85.3 Å². The van der Waals surface area contributed by atoms with Crippen LogP contribution < -0.4 is 91.2 Å². The molecule has 150 heavy (non-hydrogen) atoms. The number of nitrogens with one attached hydrogen (secondary N) is 17. The lowest BCUT2D eigenvalue weighted by Crippen LogP contribution is -2.54. The van der Waals surface area contributed by atoms with Crippen molar-refractivity contribution in [3.63, 3.8) is 0 Å². The highest BCUT2D eigenvalue weighted by molar-refractivity contribution is 8.77. The van der Waals surface area contributed by atoms with Gasteiger partial charge in [-0.3, -0.25) is 126 Å². The molecule has 4 fully saturated rings. The molecule has 0 aromatic heterocycles. The summed E-state index contributed by atoms with van der Waals surface area (Å²) in [6, 6.07) is 4.34. The quantitative estimate of drug-likeness (QED) is 0.0182. The van der Waals surface area contributed by atoms with Crippen LogP contribution in [0.3, 0.4) is 0 Å². The molecular weight excluding hydrogens is 2070 g/mol. The maximum atomic E-state index is 14.8. The molecule has 13 amide bonds. The van der Waals surface area contributed by atoms with Crippen LogP contribution in [0.2, 0.25) is 0 Å². The molecule has 4 aliphatic rings. The smallest absolute Gasteiger partial charge is 0.305 e. The highest BCUT2D eigenvalue weighted by atomic mass is 33.1. The predicted octanol–water partition coefficient (Wildman–Crippen LogP) is 0.121. The summed E-state index contributed by atoms with van der Waals surface area (Å²) in [6.45, 7) is 0.884. The van der Waals surface area contributed by atoms with Crippen molar-refractivity contribution < 1.29 is 135 Å². The number of carboxylic acids is 4. The van der Waals surface area contributed by atoms with Gasteiger partial charge in [-0.15, -0.1) is 23.5 Å². The largest absolute Gasteiger partial charge is 0.481 e. The standard InChI is InChI=1S/C97H139N19O28S6/c1-55(108-80(125)28-13-6-15-30-103-93(142)73-48-146-54-82(127)110-67(44-86(134)135)95(144)115-72-52-150-148-50-70(78(123)40-61(90(139)116-73)34-57-22-9-5-10-23-57)113-92(141)63(42-84(130)131)36-65(118)46-107-88(137)59(38-76(72)121)25-18-32-105-97(100)101)19-14-16-29-102-79(124)27-12-3-2-11-26-74(119)68-47-145-53-81(126)109-66(43-85(132)133)94(143)114-71-51-149-147-49-69(77(122)39-60(89(138)111-68)33-56-20-7-4-8-21-56)112-91(140)62(41-83(128)129)35-64(117)45-106-87(136)58(37-75(71)120)24-17-31-104-96(98)99/h4-5,7-10,20-23,55,58-63,66-73H,2-3,6,11-19,24-54H2,1H3,(H,102,124)(H,103,142)(H,106,136)(H,107,137)(H,108,125)(H,109,126)(H,110,127)(H,111,138)(H,112,140)(H,113,141)(H,114,143)(H,115,144)(H,116,139)(H,128,129)(H,130,131)(H,132,133)(H,134,135)(H4,98,99,104)(H4,100,101,105)/t55?,58-,59-,60-,61-,62+,63+,66+,67-,68-,69-,70-,71-,72-,73-/m0/s1. The van der Waals surface area contributed by atoms with Crippen LogP contribution in [0.25, 0.3) is 0 Å². The number of thioether (sulfide) groups is 2. The molecule has 4 bridgehead atoms. The maximum Gasteiger partial charge on any atom is 0.305 e. The lowest BCUT2D eigenvalue weighted by molar-refractivity contribution is -0.142. The molecule has 0 spiro atoms. The molecule has 25 N–H and O–H groups in total. The van der Waals surface area contributed by atoms with E-state index in [1.807, 2.05) is 6.92 Å². The van der Waals surface area contributed by atoms with Gasteiger partial charge in [0.25, 0.3) is 0 Å². The Bertz CT molecular complexity index is 5040. The third kappa shape index (κ3) is 51.1. The van der Waals surface area contributed by atoms with Crippen molar-refractivity contribution in [1.29, 1.82) is 10.8 Å². The maximum absolute atomic E-state index is 14.8. The number of benzene rings is 2. The van der Waals surface area contributed by atoms with Crippen molar-refractivity contribution in [3.05, 3.63) is 71.8 Å². The van der Waals surface area contributed by atoms with E-state index in [4.69, 9.17) is 22.3 Å². The Labute approximate surface area is 891 Å². The summed E-state index contributed by atoms with van der Waals surface area (Å²) in [5.74, 6) is -33.3. The van der Waals surface area contributed by atoms with Crippen LogP contribution in [-0.4, -0.2) is 313 Å². The number of carbonyl (C=O) groups is 24. The topological polar surface area (TPSA) is 771 Å². The first kappa shape index (κ1) is 126. The summed E-state index contributed by atoms with van der Waals surface area (Å²) in [6.07, 6.45) is -2.73. The van der Waals surface area contributed by atoms with Crippen LogP contribution in [0.5, 0.6) is 0 Å². The Morgan fingerprint density at radius 1 is 0.367 bits per heavy atom. The number of carboxylic acid groups (broad SMARTS) is 4. The van der Waals surface area contributed by atoms with Crippen molar-refractivity contribution in [2.24, 2.45) is 47.0 Å². The predicted molar refractivity (Wildman–Crippen MR) is 561 cm³/mol. The van der Waals surface area contributed by atoms with Gasteiger partial charge in [0.05, 0.1) is 92.3 Å². The van der Waals surface area contributed by atoms with Gasteiger partial charge in [-0.05, 0) is 102 Å². The molecule has 47 nitrogen and oxygen atoms in total. The highest BCUT2D eigenvalue weighted by Crippen LogP contribution is 2.31. The Hall–Kier alpha value is -12.2. The number of Topliss-reactive ketones (excluding diaryl/α,β-unsaturated/α-hetero) is 7. The number of hydrogen-bond acceptors (Lipinski definition) is 32. The molecule has 4 saturated heterocycles. The molecule has 15 atom stereocenters. The average molecular weight is 2210 g/mol. The zero-order valence-electron chi connectivity index (χ0n) is 83.5. The van der Waals surface area contributed by atoms with E-state index in [1.54, 1.807) is 60.7 Å². The summed E-state index contributed by atoms with van der Waals surface area (Å²) < 4.78 is 0. The van der Waals surface area contributed by atoms with E-state index in [1.165, 1.54) is 0 Å². The van der Waals surface area contributed by atoms with Gasteiger partial charge in [0.2, 0.25) is 76.8 Å². The molecule has 2 aromatic carbocycles. The number of carbonyl (C=O) groups excluding carboxylic acids is 20. The molecule has 0 aliphatic carbocycles. The van der Waals surface area contributed by atoms with Crippen LogP contribution in [0.1, 0.15) is 191 Å². The molecule has 4 heterocycles. The van der Waals surface area contributed by atoms with Gasteiger partial charge in [-0.1, -0.05) is 123 Å². The fraction of sp³-hybridized carbons (Fsp3) is 0.608. The number of unbranched alkanes of at least 4 members (excludes halogenated alkanes) is 6. The molecule has 0 radical (unpaired) electrons. The van der Waals surface area contributed by atoms with Crippen molar-refractivity contribution in [1.82, 2.24) is 79.8 Å². The number of hydrogen-bond donors (Lipinski definition) is 23. The monoisotopic (exact) mass is 2210 g/mol. The van der Waals surface area contributed by atoms with Gasteiger partial charge in [-0.25, -0.2) is 0 Å². The lowest BCUT2D eigenvalue weighted by Gasteiger charge is -2.26. The van der Waals surface area contributed by atoms with Crippen molar-refractivity contribution in [2.45, 2.75) is 248 Å². The number of fused-ring (bicyclic) bond motifs is 10. The molecular formula is C97H139N19O28S6. The van der Waals surface area contributed by atoms with Crippen molar-refractivity contribution in [3.8, 4) is 0 Å². The molecule has 53 heteroatoms. The summed E-state index contributed by atoms with van der Waals surface area (Å²) in [7, 11) is 3.65. The first-order valence-corrected chi connectivity index (χ1v) is 57.0. The first-order valence-electron chi connectivity index (χ1n) is 49.7. The van der Waals surface area contributed by atoms with E-state index in [0.717, 1.165) is 66.7 Å². The number of guanidine groups is 2. The lowest BCUT2D eigenvalue weighted by atomic mass is 9.90. The Morgan fingerprint density at radius 3 is 1.13 bits per heavy atom. The minimum atomic E-state index is -1.81. The Morgan fingerprint density at radius 2 is 0.720 bits per heavy atom. The SMILES string of the molecule is CC(CCCCNC(=O)CCCCCCC(=O)[C@@H]1CSCC(=O)N[C@H](CC(=O)O)C(=O)N[C@H]2CSSC[C@H](NC(=O)[C@@H](CC(=O)O)CC(=O)CNC(=O)[C@@H](CCCNC(=N)N)CC2=O)C(=O)C[C@H](Cc2ccccc2)C(=O)N1)NC(=O)CCCCCNC(=O)[C@@H]1CSCC(=O)N[C@@H](CC(=O)O)C(=O)N[C@H]2CSSC[C@H](NC(=O)[C@@H](CC(=O)O)CC(=O)CNC(=O)[C@@H](CCCNC(=N)N)CC2=O)C(=O)C[C@H](Cc2ccccc2)C(=O)N1. The third-order valence-corrected chi connectivity index (χ3v) is 31.5. The summed E-state index contributed by atoms with van der Waals surface area (Å²) in [5, 5.41) is 94.1. The molecule has 1 unspecified atom stereocenters. The fourth-order valence-electron chi connectivity index (χ4n) is 16.5. The van der Waals surface area contributed by atoms with E-state index < -0.39 is 302 Å². The van der Waals surface area contributed by atoms with Crippen LogP contribution in [0.15, 0.2) is 60.7 Å². The van der Waals surface area contributed by atoms with Gasteiger partial charge in [0.1, 0.15) is 18.1 Å². The van der Waals surface area contributed by atoms with E-state index in [9.17, 15) is 135 Å². The molecule has 2 aromatic rings. The number of nitrogens with two attached hydrogens (primary N) is 2. The minimum absolute atomic E-state index is 0.0330. The molecule has 826 valence electrons. The van der Waals surface area contributed by atoms with E-state index in [-0.39, 0.29) is 148 Å². The van der Waals surface area contributed by atoms with E-state index in [2.05, 4.69) is 79.8 Å². The molecule has 6 rings (SSSR count). The van der Waals surface area contributed by atoms with Gasteiger partial charge >= 0.3 is 23.9 Å². The Kier molecular flexibility index (Phi) is 58.4. The minimum Gasteiger partial charge on any atom is -0.481 e. The second-order valence-electron chi connectivity index (χ2n) is 37.1. The molecule has 0 saturated carbocycles. The van der Waals surface area contributed by atoms with Gasteiger partial charge in [0, 0.05) is 148 Å². The zero-order chi connectivity index (χ0) is 110. The normalized spacial score (nSPS) is 23.7. The second kappa shape index (κ2) is 69.3. The summed E-state index contributed by atoms with van der Waals surface area (Å²) >= 11 is 1.66. The van der Waals surface area contributed by atoms with Crippen LogP contribution >= 0.6 is 66.7 Å². The zero-order valence-corrected chi connectivity index (χ0v) is 88.4. The summed E-state index contributed by atoms with van der Waals surface area (Å²) in [5.41, 5.74) is 12.0. The number of aliphatic carboxylic acids is 4.